The smallest absolute Gasteiger partial charge is 0.141 e. The summed E-state index contributed by atoms with van der Waals surface area (Å²) < 4.78 is 12.5. The number of aliphatic hydroxyl groups excluding tert-OH is 2. The van der Waals surface area contributed by atoms with Gasteiger partial charge in [0, 0.05) is 29.7 Å². The number of halogens is 1. The van der Waals surface area contributed by atoms with Crippen molar-refractivity contribution in [2.45, 2.75) is 82.9 Å². The van der Waals surface area contributed by atoms with Gasteiger partial charge in [-0.25, -0.2) is 0 Å². The first kappa shape index (κ1) is 23.0. The highest BCUT2D eigenvalue weighted by Gasteiger charge is 2.60. The maximum atomic E-state index is 11.1. The molecule has 0 aromatic heterocycles. The normalized spacial score (nSPS) is 43.1. The molecule has 0 saturated carbocycles. The molecule has 0 amide bonds. The molecule has 3 saturated heterocycles. The molecule has 3 fully saturated rings. The van der Waals surface area contributed by atoms with Gasteiger partial charge in [0.1, 0.15) is 30.6 Å². The quantitative estimate of drug-likeness (QED) is 0.541. The van der Waals surface area contributed by atoms with E-state index in [-0.39, 0.29) is 11.6 Å². The fourth-order valence-electron chi connectivity index (χ4n) is 6.72. The van der Waals surface area contributed by atoms with E-state index in [9.17, 15) is 10.2 Å². The first-order valence-corrected chi connectivity index (χ1v) is 12.4. The van der Waals surface area contributed by atoms with Crippen LogP contribution in [0.1, 0.15) is 50.8 Å². The van der Waals surface area contributed by atoms with Gasteiger partial charge in [-0.3, -0.25) is 10.2 Å². The van der Waals surface area contributed by atoms with Crippen LogP contribution in [0.4, 0.5) is 0 Å². The van der Waals surface area contributed by atoms with Gasteiger partial charge >= 0.3 is 0 Å². The highest BCUT2D eigenvalue weighted by Crippen LogP contribution is 2.50. The monoisotopic (exact) mass is 465 g/mol. The fourth-order valence-corrected chi connectivity index (χ4v) is 6.99. The molecule has 9 atom stereocenters. The van der Waals surface area contributed by atoms with E-state index in [1.54, 1.807) is 0 Å². The molecular formula is C24H36ClN3O4. The summed E-state index contributed by atoms with van der Waals surface area (Å²) in [4.78, 5) is 2.24. The lowest BCUT2D eigenvalue weighted by atomic mass is 9.66. The number of likely N-dealkylation sites (tertiary alicyclic amines) is 1. The Labute approximate surface area is 195 Å². The lowest BCUT2D eigenvalue weighted by molar-refractivity contribution is -0.149. The number of aliphatic hydroxyl groups is 2. The van der Waals surface area contributed by atoms with Gasteiger partial charge in [0.2, 0.25) is 0 Å². The van der Waals surface area contributed by atoms with E-state index in [1.807, 2.05) is 18.2 Å². The van der Waals surface area contributed by atoms with E-state index in [4.69, 9.17) is 21.1 Å². The second-order valence-corrected chi connectivity index (χ2v) is 10.3. The number of rotatable bonds is 4. The van der Waals surface area contributed by atoms with E-state index < -0.39 is 30.6 Å². The zero-order valence-corrected chi connectivity index (χ0v) is 19.9. The second-order valence-electron chi connectivity index (χ2n) is 9.94. The third-order valence-corrected chi connectivity index (χ3v) is 9.05. The summed E-state index contributed by atoms with van der Waals surface area (Å²) in [5.41, 5.74) is 2.04. The largest absolute Gasteiger partial charge is 0.387 e. The van der Waals surface area contributed by atoms with Crippen LogP contribution in [0.3, 0.4) is 0 Å². The van der Waals surface area contributed by atoms with Crippen molar-refractivity contribution < 1.29 is 19.7 Å². The molecule has 5 rings (SSSR count). The molecule has 1 aromatic carbocycles. The van der Waals surface area contributed by atoms with Crippen molar-refractivity contribution >= 4 is 11.6 Å². The van der Waals surface area contributed by atoms with Crippen molar-refractivity contribution in [3.05, 3.63) is 34.3 Å². The van der Waals surface area contributed by atoms with Crippen LogP contribution >= 0.6 is 11.6 Å². The van der Waals surface area contributed by atoms with Crippen LogP contribution in [-0.4, -0.2) is 71.7 Å². The van der Waals surface area contributed by atoms with Crippen molar-refractivity contribution in [3.8, 4) is 0 Å². The van der Waals surface area contributed by atoms with Gasteiger partial charge in [0.15, 0.2) is 0 Å². The molecule has 4 unspecified atom stereocenters. The highest BCUT2D eigenvalue weighted by atomic mass is 35.5. The summed E-state index contributed by atoms with van der Waals surface area (Å²) >= 11 is 6.43. The summed E-state index contributed by atoms with van der Waals surface area (Å²) in [6, 6.07) is 6.12. The maximum Gasteiger partial charge on any atom is 0.141 e. The molecule has 8 heteroatoms. The van der Waals surface area contributed by atoms with Crippen molar-refractivity contribution in [1.29, 1.82) is 0 Å². The van der Waals surface area contributed by atoms with Gasteiger partial charge in [-0.2, -0.15) is 0 Å². The average Bonchev–Trinajstić information content (AvgIpc) is 3.33. The highest BCUT2D eigenvalue weighted by molar-refractivity contribution is 6.31. The van der Waals surface area contributed by atoms with Gasteiger partial charge < -0.3 is 25.0 Å². The molecule has 7 nitrogen and oxygen atoms in total. The van der Waals surface area contributed by atoms with Crippen molar-refractivity contribution in [2.75, 3.05) is 19.8 Å². The van der Waals surface area contributed by atoms with Gasteiger partial charge in [0.25, 0.3) is 0 Å². The van der Waals surface area contributed by atoms with Gasteiger partial charge in [-0.05, 0) is 42.9 Å². The van der Waals surface area contributed by atoms with E-state index in [0.717, 1.165) is 36.9 Å². The van der Waals surface area contributed by atoms with E-state index in [2.05, 4.69) is 36.3 Å². The van der Waals surface area contributed by atoms with Crippen LogP contribution in [-0.2, 0) is 15.9 Å². The summed E-state index contributed by atoms with van der Waals surface area (Å²) in [6.45, 7) is 8.87. The Morgan fingerprint density at radius 1 is 1.28 bits per heavy atom. The predicted molar refractivity (Wildman–Crippen MR) is 122 cm³/mol. The predicted octanol–water partition coefficient (Wildman–Crippen LogP) is 2.00. The lowest BCUT2D eigenvalue weighted by Gasteiger charge is -2.51. The van der Waals surface area contributed by atoms with Crippen LogP contribution in [0.5, 0.6) is 0 Å². The Balaban J connectivity index is 1.42. The summed E-state index contributed by atoms with van der Waals surface area (Å²) in [5.74, 6) is 0.503. The van der Waals surface area contributed by atoms with Crippen molar-refractivity contribution in [3.63, 3.8) is 0 Å². The molecular weight excluding hydrogens is 430 g/mol. The van der Waals surface area contributed by atoms with Crippen LogP contribution < -0.4 is 10.6 Å². The Bertz CT molecular complexity index is 837. The number of nitrogens with one attached hydrogen (secondary N) is 2. The zero-order valence-electron chi connectivity index (χ0n) is 19.1. The summed E-state index contributed by atoms with van der Waals surface area (Å²) in [6.07, 6.45) is -0.810. The standard InChI is InChI=1S/C24H36ClN3O4/c1-4-13(2)24-9-10-28(23(24)27-12-26-14(24)3)22-19(30)18(29)21(32-22)20-16-6-5-7-17(25)15(16)8-11-31-20/h5-7,13-14,18-23,26-27,29-30H,4,8-12H2,1-3H3/t13?,14?,18-,19+,20+,21-,22+,23?,24?/m0/s1. The molecule has 4 heterocycles. The summed E-state index contributed by atoms with van der Waals surface area (Å²) in [5, 5.41) is 30.1. The SMILES string of the molecule is CCC(C)C12CCN([C@@H]3O[C@H]([C@@H]4OCCc5c(Cl)cccc54)[C@@H](O)[C@H]3O)C1NCNC2C. The minimum atomic E-state index is -1.03. The van der Waals surface area contributed by atoms with Gasteiger partial charge in [0.05, 0.1) is 12.8 Å². The Kier molecular flexibility index (Phi) is 6.31. The zero-order chi connectivity index (χ0) is 22.6. The van der Waals surface area contributed by atoms with Crippen LogP contribution in [0.15, 0.2) is 18.2 Å². The maximum absolute atomic E-state index is 11.1. The van der Waals surface area contributed by atoms with Crippen molar-refractivity contribution in [2.24, 2.45) is 11.3 Å². The molecule has 4 aliphatic heterocycles. The third-order valence-electron chi connectivity index (χ3n) is 8.70. The topological polar surface area (TPSA) is 86.2 Å². The molecule has 1 aromatic rings. The first-order valence-electron chi connectivity index (χ1n) is 12.0. The second kappa shape index (κ2) is 8.78. The number of ether oxygens (including phenoxy) is 2. The fraction of sp³-hybridized carbons (Fsp3) is 0.750. The summed E-state index contributed by atoms with van der Waals surface area (Å²) in [7, 11) is 0. The van der Waals surface area contributed by atoms with E-state index >= 15 is 0 Å². The number of fused-ring (bicyclic) bond motifs is 2. The molecule has 0 aliphatic carbocycles. The number of hydrogen-bond donors (Lipinski definition) is 4. The van der Waals surface area contributed by atoms with Crippen molar-refractivity contribution in [1.82, 2.24) is 15.5 Å². The minimum Gasteiger partial charge on any atom is -0.387 e. The van der Waals surface area contributed by atoms with Crippen LogP contribution in [0, 0.1) is 11.3 Å². The Morgan fingerprint density at radius 3 is 2.88 bits per heavy atom. The average molecular weight is 466 g/mol. The van der Waals surface area contributed by atoms with Crippen LogP contribution in [0.2, 0.25) is 5.02 Å². The molecule has 178 valence electrons. The van der Waals surface area contributed by atoms with Gasteiger partial charge in [-0.15, -0.1) is 0 Å². The first-order chi connectivity index (χ1) is 15.4. The van der Waals surface area contributed by atoms with Gasteiger partial charge in [-0.1, -0.05) is 44.0 Å². The molecule has 0 radical (unpaired) electrons. The van der Waals surface area contributed by atoms with E-state index in [0.29, 0.717) is 30.3 Å². The number of benzene rings is 1. The molecule has 4 aliphatic rings. The lowest BCUT2D eigenvalue weighted by Crippen LogP contribution is -2.68. The molecule has 4 N–H and O–H groups in total. The molecule has 32 heavy (non-hydrogen) atoms. The molecule has 0 spiro atoms. The number of hydrogen-bond acceptors (Lipinski definition) is 7. The van der Waals surface area contributed by atoms with Crippen LogP contribution in [0.25, 0.3) is 0 Å². The minimum absolute atomic E-state index is 0.0422. The third kappa shape index (κ3) is 3.36. The van der Waals surface area contributed by atoms with E-state index in [1.165, 1.54) is 0 Å². The Morgan fingerprint density at radius 2 is 2.09 bits per heavy atom. The Hall–Kier alpha value is -0.770. The molecule has 0 bridgehead atoms. The number of nitrogens with zero attached hydrogens (tertiary/aromatic N) is 1.